The van der Waals surface area contributed by atoms with Gasteiger partial charge in [-0.2, -0.15) is 0 Å². The highest BCUT2D eigenvalue weighted by molar-refractivity contribution is 7.22. The van der Waals surface area contributed by atoms with Crippen LogP contribution in [-0.4, -0.2) is 71.4 Å². The van der Waals surface area contributed by atoms with Gasteiger partial charge in [0.2, 0.25) is 5.75 Å². The van der Waals surface area contributed by atoms with E-state index in [-0.39, 0.29) is 5.91 Å². The third-order valence-corrected chi connectivity index (χ3v) is 5.79. The lowest BCUT2D eigenvalue weighted by Gasteiger charge is -2.23. The highest BCUT2D eigenvalue weighted by Crippen LogP contribution is 2.39. The Morgan fingerprint density at radius 2 is 1.58 bits per heavy atom. The van der Waals surface area contributed by atoms with Crippen molar-refractivity contribution in [3.8, 4) is 23.0 Å². The predicted octanol–water partition coefficient (Wildman–Crippen LogP) is 3.54. The average Bonchev–Trinajstić information content (AvgIpc) is 3.21. The van der Waals surface area contributed by atoms with Crippen molar-refractivity contribution in [2.24, 2.45) is 0 Å². The van der Waals surface area contributed by atoms with Crippen LogP contribution in [0.4, 0.5) is 5.13 Å². The number of hydrogen-bond donors (Lipinski definition) is 0. The first kappa shape index (κ1) is 22.6. The van der Waals surface area contributed by atoms with Gasteiger partial charge in [-0.3, -0.25) is 9.69 Å². The third-order valence-electron chi connectivity index (χ3n) is 4.75. The van der Waals surface area contributed by atoms with Crippen molar-refractivity contribution in [1.29, 1.82) is 0 Å². The Morgan fingerprint density at radius 3 is 2.13 bits per heavy atom. The lowest BCUT2D eigenvalue weighted by molar-refractivity contribution is 0.0984. The second kappa shape index (κ2) is 9.84. The van der Waals surface area contributed by atoms with Gasteiger partial charge in [-0.1, -0.05) is 17.4 Å². The van der Waals surface area contributed by atoms with Crippen LogP contribution in [0, 0.1) is 0 Å². The molecule has 9 heteroatoms. The van der Waals surface area contributed by atoms with Crippen molar-refractivity contribution in [2.75, 3.05) is 60.5 Å². The van der Waals surface area contributed by atoms with Crippen molar-refractivity contribution in [1.82, 2.24) is 9.88 Å². The van der Waals surface area contributed by atoms with E-state index in [0.29, 0.717) is 46.8 Å². The minimum Gasteiger partial charge on any atom is -0.494 e. The molecule has 166 valence electrons. The monoisotopic (exact) mass is 445 g/mol. The zero-order valence-corrected chi connectivity index (χ0v) is 19.4. The number of ether oxygens (including phenoxy) is 4. The minimum absolute atomic E-state index is 0.209. The van der Waals surface area contributed by atoms with Gasteiger partial charge >= 0.3 is 0 Å². The van der Waals surface area contributed by atoms with Gasteiger partial charge in [-0.25, -0.2) is 4.98 Å². The van der Waals surface area contributed by atoms with E-state index in [4.69, 9.17) is 23.9 Å². The van der Waals surface area contributed by atoms with Crippen molar-refractivity contribution in [3.05, 3.63) is 35.9 Å². The molecule has 8 nitrogen and oxygen atoms in total. The fourth-order valence-corrected chi connectivity index (χ4v) is 4.14. The number of carbonyl (C=O) groups is 1. The van der Waals surface area contributed by atoms with Gasteiger partial charge in [0.05, 0.1) is 33.1 Å². The number of hydrogen-bond acceptors (Lipinski definition) is 8. The molecule has 0 N–H and O–H groups in total. The Bertz CT molecular complexity index is 1040. The van der Waals surface area contributed by atoms with E-state index in [2.05, 4.69) is 0 Å². The maximum atomic E-state index is 13.6. The molecule has 3 rings (SSSR count). The molecule has 0 saturated heterocycles. The fourth-order valence-electron chi connectivity index (χ4n) is 3.14. The quantitative estimate of drug-likeness (QED) is 0.499. The molecular weight excluding hydrogens is 418 g/mol. The number of benzene rings is 2. The largest absolute Gasteiger partial charge is 0.494 e. The summed E-state index contributed by atoms with van der Waals surface area (Å²) in [5, 5.41) is 0.597. The van der Waals surface area contributed by atoms with E-state index in [0.717, 1.165) is 10.2 Å². The fraction of sp³-hybridized carbons (Fsp3) is 0.364. The van der Waals surface area contributed by atoms with Crippen molar-refractivity contribution in [3.63, 3.8) is 0 Å². The van der Waals surface area contributed by atoms with Gasteiger partial charge in [0.25, 0.3) is 5.91 Å². The zero-order chi connectivity index (χ0) is 22.5. The summed E-state index contributed by atoms with van der Waals surface area (Å²) in [6, 6.07) is 9.04. The van der Waals surface area contributed by atoms with Gasteiger partial charge in [-0.15, -0.1) is 0 Å². The summed E-state index contributed by atoms with van der Waals surface area (Å²) >= 11 is 1.45. The predicted molar refractivity (Wildman–Crippen MR) is 123 cm³/mol. The molecular formula is C22H27N3O5S. The van der Waals surface area contributed by atoms with Crippen LogP contribution >= 0.6 is 11.3 Å². The van der Waals surface area contributed by atoms with Crippen LogP contribution < -0.4 is 23.8 Å². The van der Waals surface area contributed by atoms with E-state index in [1.54, 1.807) is 24.1 Å². The number of amides is 1. The molecule has 0 radical (unpaired) electrons. The molecule has 0 fully saturated rings. The summed E-state index contributed by atoms with van der Waals surface area (Å²) in [5.41, 5.74) is 1.15. The topological polar surface area (TPSA) is 73.4 Å². The number of anilines is 1. The van der Waals surface area contributed by atoms with Crippen LogP contribution in [0.5, 0.6) is 23.0 Å². The van der Waals surface area contributed by atoms with Crippen LogP contribution in [0.25, 0.3) is 10.2 Å². The average molecular weight is 446 g/mol. The highest BCUT2D eigenvalue weighted by Gasteiger charge is 2.25. The third kappa shape index (κ3) is 4.67. The maximum Gasteiger partial charge on any atom is 0.260 e. The molecule has 0 unspecified atom stereocenters. The summed E-state index contributed by atoms with van der Waals surface area (Å²) in [7, 11) is 10.1. The number of methoxy groups -OCH3 is 4. The van der Waals surface area contributed by atoms with E-state index in [9.17, 15) is 4.79 Å². The molecule has 0 bridgehead atoms. The Labute approximate surface area is 185 Å². The molecule has 0 atom stereocenters. The number of fused-ring (bicyclic) bond motifs is 1. The molecule has 2 aromatic carbocycles. The Hall–Kier alpha value is -3.04. The first-order chi connectivity index (χ1) is 14.9. The molecule has 31 heavy (non-hydrogen) atoms. The van der Waals surface area contributed by atoms with Crippen LogP contribution in [-0.2, 0) is 0 Å². The lowest BCUT2D eigenvalue weighted by atomic mass is 10.1. The molecule has 0 aliphatic carbocycles. The molecule has 0 spiro atoms. The number of nitrogens with zero attached hydrogens (tertiary/aromatic N) is 3. The number of aromatic nitrogens is 1. The van der Waals surface area contributed by atoms with Gasteiger partial charge in [0.15, 0.2) is 16.6 Å². The molecule has 3 aromatic rings. The summed E-state index contributed by atoms with van der Waals surface area (Å²) in [5.74, 6) is 1.74. The molecule has 1 amide bonds. The molecule has 1 heterocycles. The summed E-state index contributed by atoms with van der Waals surface area (Å²) in [6.07, 6.45) is 0. The second-order valence-electron chi connectivity index (χ2n) is 6.98. The van der Waals surface area contributed by atoms with Gasteiger partial charge in [0.1, 0.15) is 11.3 Å². The lowest BCUT2D eigenvalue weighted by Crippen LogP contribution is -2.36. The summed E-state index contributed by atoms with van der Waals surface area (Å²) in [6.45, 7) is 1.13. The number of thiazole rings is 1. The zero-order valence-electron chi connectivity index (χ0n) is 18.6. The van der Waals surface area contributed by atoms with E-state index in [1.165, 1.54) is 32.7 Å². The van der Waals surface area contributed by atoms with Crippen LogP contribution in [0.15, 0.2) is 30.3 Å². The number of rotatable bonds is 9. The smallest absolute Gasteiger partial charge is 0.260 e. The van der Waals surface area contributed by atoms with E-state index < -0.39 is 0 Å². The van der Waals surface area contributed by atoms with Crippen molar-refractivity contribution in [2.45, 2.75) is 0 Å². The maximum absolute atomic E-state index is 13.6. The van der Waals surface area contributed by atoms with E-state index >= 15 is 0 Å². The van der Waals surface area contributed by atoms with E-state index in [1.807, 2.05) is 37.2 Å². The molecule has 0 aliphatic heterocycles. The molecule has 1 aromatic heterocycles. The van der Waals surface area contributed by atoms with Crippen LogP contribution in [0.3, 0.4) is 0 Å². The first-order valence-electron chi connectivity index (χ1n) is 9.63. The SMILES string of the molecule is COc1cc(C(=O)N(CCN(C)C)c2nc3c(OC)cccc3s2)cc(OC)c1OC. The molecule has 0 aliphatic rings. The van der Waals surface area contributed by atoms with Gasteiger partial charge < -0.3 is 23.8 Å². The molecule has 0 saturated carbocycles. The Morgan fingerprint density at radius 1 is 0.935 bits per heavy atom. The Balaban J connectivity index is 2.08. The summed E-state index contributed by atoms with van der Waals surface area (Å²) < 4.78 is 22.6. The number of para-hydroxylation sites is 1. The van der Waals surface area contributed by atoms with Crippen LogP contribution in [0.2, 0.25) is 0 Å². The van der Waals surface area contributed by atoms with Crippen molar-refractivity contribution >= 4 is 32.6 Å². The van der Waals surface area contributed by atoms with Crippen LogP contribution in [0.1, 0.15) is 10.4 Å². The second-order valence-corrected chi connectivity index (χ2v) is 7.99. The highest BCUT2D eigenvalue weighted by atomic mass is 32.1. The standard InChI is InChI=1S/C22H27N3O5S/c1-24(2)10-11-25(22-23-19-15(27-3)8-7-9-18(19)31-22)21(26)14-12-16(28-4)20(30-6)17(13-14)29-5/h7-9,12-13H,10-11H2,1-6H3. The number of carbonyl (C=O) groups excluding carboxylic acids is 1. The Kier molecular flexibility index (Phi) is 7.19. The minimum atomic E-state index is -0.209. The van der Waals surface area contributed by atoms with Gasteiger partial charge in [-0.05, 0) is 38.4 Å². The summed E-state index contributed by atoms with van der Waals surface area (Å²) in [4.78, 5) is 22.0. The van der Waals surface area contributed by atoms with Crippen molar-refractivity contribution < 1.29 is 23.7 Å². The van der Waals surface area contributed by atoms with Gasteiger partial charge in [0, 0.05) is 18.7 Å². The normalized spacial score (nSPS) is 10.9. The number of likely N-dealkylation sites (N-methyl/N-ethyl adjacent to an activating group) is 1. The first-order valence-corrected chi connectivity index (χ1v) is 10.4.